The van der Waals surface area contributed by atoms with Crippen molar-refractivity contribution >= 4 is 12.6 Å². The molecule has 0 saturated heterocycles. The van der Waals surface area contributed by atoms with Gasteiger partial charge in [0.2, 0.25) is 0 Å². The fourth-order valence-electron chi connectivity index (χ4n) is 1.48. The Kier molecular flexibility index (Phi) is 3.91. The van der Waals surface area contributed by atoms with Gasteiger partial charge in [-0.2, -0.15) is 5.10 Å². The van der Waals surface area contributed by atoms with Crippen molar-refractivity contribution in [1.29, 1.82) is 0 Å². The maximum absolute atomic E-state index is 12.5. The van der Waals surface area contributed by atoms with Crippen molar-refractivity contribution in [2.75, 3.05) is 0 Å². The van der Waals surface area contributed by atoms with E-state index in [0.717, 1.165) is 17.5 Å². The van der Waals surface area contributed by atoms with E-state index in [2.05, 4.69) is 5.10 Å². The zero-order chi connectivity index (χ0) is 9.64. The van der Waals surface area contributed by atoms with Gasteiger partial charge >= 0.3 is 58.4 Å². The SMILES string of the molecule is Cc1cnn(C2CC2)c1[B-](F)(F)F.[K+]. The molecule has 7 heteroatoms. The number of halogens is 3. The van der Waals surface area contributed by atoms with Crippen LogP contribution < -0.4 is 57.0 Å². The Morgan fingerprint density at radius 1 is 1.43 bits per heavy atom. The summed E-state index contributed by atoms with van der Waals surface area (Å²) < 4.78 is 38.7. The quantitative estimate of drug-likeness (QED) is 0.568. The average Bonchev–Trinajstić information content (AvgIpc) is 2.73. The molecule has 0 N–H and O–H groups in total. The second kappa shape index (κ2) is 4.29. The number of aromatic nitrogens is 2. The summed E-state index contributed by atoms with van der Waals surface area (Å²) in [5, 5.41) is 3.76. The maximum atomic E-state index is 12.5. The molecule has 1 aromatic heterocycles. The zero-order valence-corrected chi connectivity index (χ0v) is 11.3. The van der Waals surface area contributed by atoms with Crippen LogP contribution in [0.25, 0.3) is 0 Å². The first-order valence-corrected chi connectivity index (χ1v) is 4.24. The van der Waals surface area contributed by atoms with Gasteiger partial charge in [-0.05, 0) is 30.9 Å². The molecule has 14 heavy (non-hydrogen) atoms. The Morgan fingerprint density at radius 2 is 2.00 bits per heavy atom. The first-order chi connectivity index (χ1) is 6.00. The number of hydrogen-bond donors (Lipinski definition) is 0. The molecule has 0 bridgehead atoms. The predicted octanol–water partition coefficient (Wildman–Crippen LogP) is -1.42. The van der Waals surface area contributed by atoms with Crippen LogP contribution in [0.5, 0.6) is 0 Å². The molecule has 2 rings (SSSR count). The second-order valence-corrected chi connectivity index (χ2v) is 3.46. The van der Waals surface area contributed by atoms with Gasteiger partial charge in [0.15, 0.2) is 0 Å². The van der Waals surface area contributed by atoms with Crippen molar-refractivity contribution in [2.45, 2.75) is 25.8 Å². The summed E-state index contributed by atoms with van der Waals surface area (Å²) in [4.78, 5) is 0. The number of nitrogens with zero attached hydrogens (tertiary/aromatic N) is 2. The average molecular weight is 228 g/mol. The molecule has 1 fully saturated rings. The molecular formula is C7H9BF3KN2. The van der Waals surface area contributed by atoms with E-state index in [1.54, 1.807) is 0 Å². The Balaban J connectivity index is 0.000000980. The molecule has 1 heterocycles. The Hall–Kier alpha value is 0.701. The number of rotatable bonds is 2. The second-order valence-electron chi connectivity index (χ2n) is 3.46. The van der Waals surface area contributed by atoms with Gasteiger partial charge in [0.05, 0.1) is 0 Å². The van der Waals surface area contributed by atoms with Gasteiger partial charge in [-0.1, -0.05) is 0 Å². The summed E-state index contributed by atoms with van der Waals surface area (Å²) in [7, 11) is 0. The molecule has 72 valence electrons. The molecule has 0 radical (unpaired) electrons. The van der Waals surface area contributed by atoms with Gasteiger partial charge in [-0.25, -0.2) is 0 Å². The third-order valence-electron chi connectivity index (χ3n) is 2.23. The monoisotopic (exact) mass is 228 g/mol. The number of aryl methyl sites for hydroxylation is 1. The van der Waals surface area contributed by atoms with Crippen molar-refractivity contribution in [3.8, 4) is 0 Å². The fraction of sp³-hybridized carbons (Fsp3) is 0.571. The number of hydrogen-bond acceptors (Lipinski definition) is 1. The van der Waals surface area contributed by atoms with E-state index in [-0.39, 0.29) is 63.0 Å². The molecule has 1 aromatic rings. The minimum atomic E-state index is -4.91. The van der Waals surface area contributed by atoms with Crippen LogP contribution in [0.4, 0.5) is 12.9 Å². The van der Waals surface area contributed by atoms with Crippen LogP contribution in [-0.4, -0.2) is 16.8 Å². The zero-order valence-electron chi connectivity index (χ0n) is 8.17. The summed E-state index contributed by atoms with van der Waals surface area (Å²) in [5.41, 5.74) is -0.290. The molecule has 0 aromatic carbocycles. The summed E-state index contributed by atoms with van der Waals surface area (Å²) in [5.74, 6) is 0. The predicted molar refractivity (Wildman–Crippen MR) is 43.9 cm³/mol. The van der Waals surface area contributed by atoms with E-state index in [1.807, 2.05) is 0 Å². The minimum absolute atomic E-state index is 0. The molecule has 0 unspecified atom stereocenters. The standard InChI is InChI=1S/C7H9BF3N2.K/c1-5-4-12-13(6-2-3-6)7(5)8(9,10)11;/h4,6H,2-3H2,1H3;/q-1;+1. The van der Waals surface area contributed by atoms with E-state index in [1.165, 1.54) is 13.1 Å². The smallest absolute Gasteiger partial charge is 0.444 e. The van der Waals surface area contributed by atoms with Crippen molar-refractivity contribution in [3.63, 3.8) is 0 Å². The van der Waals surface area contributed by atoms with Crippen LogP contribution in [0.15, 0.2) is 6.20 Å². The van der Waals surface area contributed by atoms with E-state index >= 15 is 0 Å². The van der Waals surface area contributed by atoms with E-state index < -0.39 is 12.6 Å². The Bertz CT molecular complexity index is 332. The normalized spacial score (nSPS) is 16.6. The molecule has 0 aliphatic heterocycles. The molecule has 1 aliphatic rings. The summed E-state index contributed by atoms with van der Waals surface area (Å²) >= 11 is 0. The van der Waals surface area contributed by atoms with Crippen molar-refractivity contribution in [1.82, 2.24) is 9.78 Å². The van der Waals surface area contributed by atoms with Crippen LogP contribution in [-0.2, 0) is 0 Å². The van der Waals surface area contributed by atoms with Gasteiger partial charge in [-0.15, -0.1) is 0 Å². The molecule has 2 nitrogen and oxygen atoms in total. The van der Waals surface area contributed by atoms with Gasteiger partial charge in [0.25, 0.3) is 0 Å². The molecule has 0 spiro atoms. The summed E-state index contributed by atoms with van der Waals surface area (Å²) in [6, 6.07) is -0.00722. The first kappa shape index (κ1) is 12.8. The summed E-state index contributed by atoms with van der Waals surface area (Å²) in [6.45, 7) is -3.46. The van der Waals surface area contributed by atoms with Crippen LogP contribution in [0.1, 0.15) is 24.4 Å². The minimum Gasteiger partial charge on any atom is -0.444 e. The van der Waals surface area contributed by atoms with Crippen molar-refractivity contribution < 1.29 is 64.3 Å². The van der Waals surface area contributed by atoms with Gasteiger partial charge in [0, 0.05) is 12.2 Å². The van der Waals surface area contributed by atoms with Crippen LogP contribution in [0, 0.1) is 6.92 Å². The van der Waals surface area contributed by atoms with Gasteiger partial charge in [0.1, 0.15) is 0 Å². The van der Waals surface area contributed by atoms with Crippen molar-refractivity contribution in [2.24, 2.45) is 0 Å². The first-order valence-electron chi connectivity index (χ1n) is 4.24. The van der Waals surface area contributed by atoms with Gasteiger partial charge < -0.3 is 12.9 Å². The molecule has 0 atom stereocenters. The van der Waals surface area contributed by atoms with Crippen molar-refractivity contribution in [3.05, 3.63) is 11.8 Å². The fourth-order valence-corrected chi connectivity index (χ4v) is 1.48. The van der Waals surface area contributed by atoms with E-state index in [0.29, 0.717) is 0 Å². The van der Waals surface area contributed by atoms with Crippen LogP contribution in [0.2, 0.25) is 0 Å². The Labute approximate surface area is 123 Å². The van der Waals surface area contributed by atoms with E-state index in [9.17, 15) is 12.9 Å². The van der Waals surface area contributed by atoms with Crippen LogP contribution in [0.3, 0.4) is 0 Å². The molecule has 1 aliphatic carbocycles. The topological polar surface area (TPSA) is 17.8 Å². The van der Waals surface area contributed by atoms with Gasteiger partial charge in [-0.3, -0.25) is 4.68 Å². The third-order valence-corrected chi connectivity index (χ3v) is 2.23. The third kappa shape index (κ3) is 2.44. The summed E-state index contributed by atoms with van der Waals surface area (Å²) in [6.07, 6.45) is 2.93. The van der Waals surface area contributed by atoms with Crippen LogP contribution >= 0.6 is 0 Å². The molecule has 0 amide bonds. The molecule has 1 saturated carbocycles. The molecular weight excluding hydrogens is 219 g/mol. The Morgan fingerprint density at radius 3 is 2.43 bits per heavy atom. The van der Waals surface area contributed by atoms with E-state index in [4.69, 9.17) is 0 Å². The maximum Gasteiger partial charge on any atom is 1.00 e. The largest absolute Gasteiger partial charge is 1.00 e.